The van der Waals surface area contributed by atoms with Crippen molar-refractivity contribution in [1.29, 1.82) is 0 Å². The fraction of sp³-hybridized carbons (Fsp3) is 0.0556. The van der Waals surface area contributed by atoms with Crippen LogP contribution in [0.25, 0.3) is 11.3 Å². The summed E-state index contributed by atoms with van der Waals surface area (Å²) >= 11 is 0. The normalized spacial score (nSPS) is 11.3. The summed E-state index contributed by atoms with van der Waals surface area (Å²) in [7, 11) is 0. The number of alkyl halides is 3. The Bertz CT molecular complexity index is 784. The number of halogens is 3. The lowest BCUT2D eigenvalue weighted by molar-refractivity contribution is -0.137. The van der Waals surface area contributed by atoms with Crippen molar-refractivity contribution in [1.82, 2.24) is 4.98 Å². The van der Waals surface area contributed by atoms with Gasteiger partial charge in [0.15, 0.2) is 0 Å². The van der Waals surface area contributed by atoms with Gasteiger partial charge < -0.3 is 5.32 Å². The third-order valence-corrected chi connectivity index (χ3v) is 3.34. The van der Waals surface area contributed by atoms with Gasteiger partial charge in [-0.05, 0) is 42.5 Å². The standard InChI is InChI=1S/C18H13F3N2/c19-18(20,21)13-9-10-17(23-14-6-2-1-3-7-14)15(12-13)16-8-4-5-11-22-16/h1-12,23H. The first kappa shape index (κ1) is 15.1. The third kappa shape index (κ3) is 3.51. The number of hydrogen-bond acceptors (Lipinski definition) is 2. The maximum absolute atomic E-state index is 13.0. The van der Waals surface area contributed by atoms with Gasteiger partial charge in [-0.1, -0.05) is 24.3 Å². The predicted octanol–water partition coefficient (Wildman–Crippen LogP) is 5.51. The molecule has 3 aromatic rings. The monoisotopic (exact) mass is 314 g/mol. The van der Waals surface area contributed by atoms with E-state index in [1.54, 1.807) is 24.4 Å². The zero-order valence-electron chi connectivity index (χ0n) is 12.0. The van der Waals surface area contributed by atoms with Crippen molar-refractivity contribution in [2.24, 2.45) is 0 Å². The van der Waals surface area contributed by atoms with Gasteiger partial charge in [0.2, 0.25) is 0 Å². The van der Waals surface area contributed by atoms with E-state index < -0.39 is 11.7 Å². The second kappa shape index (κ2) is 6.12. The first-order valence-corrected chi connectivity index (χ1v) is 6.99. The molecule has 0 saturated carbocycles. The second-order valence-corrected chi connectivity index (χ2v) is 4.96. The molecular formula is C18H13F3N2. The maximum atomic E-state index is 13.0. The Morgan fingerprint density at radius 3 is 2.22 bits per heavy atom. The van der Waals surface area contributed by atoms with Gasteiger partial charge in [0, 0.05) is 23.1 Å². The summed E-state index contributed by atoms with van der Waals surface area (Å²) in [5.41, 5.74) is 1.56. The van der Waals surface area contributed by atoms with Crippen LogP contribution in [0, 0.1) is 0 Å². The van der Waals surface area contributed by atoms with Crippen LogP contribution in [-0.4, -0.2) is 4.98 Å². The van der Waals surface area contributed by atoms with Crippen molar-refractivity contribution in [3.8, 4) is 11.3 Å². The molecule has 1 N–H and O–H groups in total. The van der Waals surface area contributed by atoms with Crippen LogP contribution < -0.4 is 5.32 Å². The van der Waals surface area contributed by atoms with E-state index in [4.69, 9.17) is 0 Å². The minimum atomic E-state index is -4.39. The summed E-state index contributed by atoms with van der Waals surface area (Å²) in [4.78, 5) is 4.17. The van der Waals surface area contributed by atoms with Crippen molar-refractivity contribution in [3.63, 3.8) is 0 Å². The highest BCUT2D eigenvalue weighted by atomic mass is 19.4. The van der Waals surface area contributed by atoms with Crippen molar-refractivity contribution < 1.29 is 13.2 Å². The van der Waals surface area contributed by atoms with Crippen molar-refractivity contribution >= 4 is 11.4 Å². The van der Waals surface area contributed by atoms with Gasteiger partial charge in [-0.3, -0.25) is 4.98 Å². The Kier molecular flexibility index (Phi) is 4.02. The summed E-state index contributed by atoms with van der Waals surface area (Å²) in [6.07, 6.45) is -2.84. The number of para-hydroxylation sites is 1. The molecule has 0 radical (unpaired) electrons. The molecule has 2 nitrogen and oxygen atoms in total. The van der Waals surface area contributed by atoms with Gasteiger partial charge in [-0.2, -0.15) is 13.2 Å². The molecule has 23 heavy (non-hydrogen) atoms. The molecule has 3 rings (SSSR count). The topological polar surface area (TPSA) is 24.9 Å². The number of aromatic nitrogens is 1. The van der Waals surface area contributed by atoms with Gasteiger partial charge >= 0.3 is 6.18 Å². The molecule has 116 valence electrons. The van der Waals surface area contributed by atoms with Crippen LogP contribution >= 0.6 is 0 Å². The van der Waals surface area contributed by atoms with Crippen LogP contribution in [-0.2, 0) is 6.18 Å². The molecule has 0 fully saturated rings. The largest absolute Gasteiger partial charge is 0.416 e. The van der Waals surface area contributed by atoms with E-state index in [0.717, 1.165) is 17.8 Å². The summed E-state index contributed by atoms with van der Waals surface area (Å²) in [5.74, 6) is 0. The highest BCUT2D eigenvalue weighted by molar-refractivity contribution is 5.79. The Morgan fingerprint density at radius 1 is 0.826 bits per heavy atom. The van der Waals surface area contributed by atoms with Gasteiger partial charge in [-0.15, -0.1) is 0 Å². The van der Waals surface area contributed by atoms with E-state index in [9.17, 15) is 13.2 Å². The van der Waals surface area contributed by atoms with Crippen LogP contribution in [0.2, 0.25) is 0 Å². The third-order valence-electron chi connectivity index (χ3n) is 3.34. The van der Waals surface area contributed by atoms with Gasteiger partial charge in [0.05, 0.1) is 11.3 Å². The molecule has 1 aromatic heterocycles. The van der Waals surface area contributed by atoms with Gasteiger partial charge in [0.25, 0.3) is 0 Å². The number of anilines is 2. The fourth-order valence-corrected chi connectivity index (χ4v) is 2.24. The lowest BCUT2D eigenvalue weighted by Crippen LogP contribution is -2.06. The minimum absolute atomic E-state index is 0.407. The predicted molar refractivity (Wildman–Crippen MR) is 84.4 cm³/mol. The van der Waals surface area contributed by atoms with Crippen LogP contribution in [0.15, 0.2) is 72.9 Å². The maximum Gasteiger partial charge on any atom is 0.416 e. The Labute approximate surface area is 131 Å². The summed E-state index contributed by atoms with van der Waals surface area (Å²) in [6.45, 7) is 0. The average Bonchev–Trinajstić information content (AvgIpc) is 2.56. The number of pyridine rings is 1. The first-order chi connectivity index (χ1) is 11.0. The molecular weight excluding hydrogens is 301 g/mol. The molecule has 5 heteroatoms. The van der Waals surface area contributed by atoms with Crippen molar-refractivity contribution in [2.45, 2.75) is 6.18 Å². The molecule has 0 saturated heterocycles. The lowest BCUT2D eigenvalue weighted by Gasteiger charge is -2.15. The molecule has 0 bridgehead atoms. The van der Waals surface area contributed by atoms with E-state index in [-0.39, 0.29) is 0 Å². The molecule has 0 aliphatic heterocycles. The average molecular weight is 314 g/mol. The summed E-state index contributed by atoms with van der Waals surface area (Å²) in [5, 5.41) is 3.14. The molecule has 1 heterocycles. The number of nitrogens with zero attached hydrogens (tertiary/aromatic N) is 1. The van der Waals surface area contributed by atoms with Crippen molar-refractivity contribution in [3.05, 3.63) is 78.5 Å². The Morgan fingerprint density at radius 2 is 1.57 bits per heavy atom. The first-order valence-electron chi connectivity index (χ1n) is 6.99. The minimum Gasteiger partial charge on any atom is -0.355 e. The fourth-order valence-electron chi connectivity index (χ4n) is 2.24. The smallest absolute Gasteiger partial charge is 0.355 e. The number of nitrogens with one attached hydrogen (secondary N) is 1. The highest BCUT2D eigenvalue weighted by Crippen LogP contribution is 2.36. The molecule has 2 aromatic carbocycles. The molecule has 0 spiro atoms. The van der Waals surface area contributed by atoms with E-state index in [1.807, 2.05) is 30.3 Å². The van der Waals surface area contributed by atoms with Crippen LogP contribution in [0.1, 0.15) is 5.56 Å². The summed E-state index contributed by atoms with van der Waals surface area (Å²) in [6, 6.07) is 18.0. The molecule has 0 aliphatic rings. The van der Waals surface area contributed by atoms with Gasteiger partial charge in [-0.25, -0.2) is 0 Å². The van der Waals surface area contributed by atoms with E-state index in [2.05, 4.69) is 10.3 Å². The molecule has 0 amide bonds. The van der Waals surface area contributed by atoms with E-state index in [1.165, 1.54) is 6.07 Å². The molecule has 0 aliphatic carbocycles. The zero-order valence-corrected chi connectivity index (χ0v) is 12.0. The zero-order chi connectivity index (χ0) is 16.3. The van der Waals surface area contributed by atoms with Crippen LogP contribution in [0.4, 0.5) is 24.5 Å². The second-order valence-electron chi connectivity index (χ2n) is 4.96. The SMILES string of the molecule is FC(F)(F)c1ccc(Nc2ccccc2)c(-c2ccccn2)c1. The van der Waals surface area contributed by atoms with E-state index in [0.29, 0.717) is 16.9 Å². The number of benzene rings is 2. The van der Waals surface area contributed by atoms with E-state index >= 15 is 0 Å². The van der Waals surface area contributed by atoms with Crippen LogP contribution in [0.3, 0.4) is 0 Å². The quantitative estimate of drug-likeness (QED) is 0.689. The highest BCUT2D eigenvalue weighted by Gasteiger charge is 2.31. The Hall–Kier alpha value is -2.82. The van der Waals surface area contributed by atoms with Crippen LogP contribution in [0.5, 0.6) is 0 Å². The summed E-state index contributed by atoms with van der Waals surface area (Å²) < 4.78 is 39.0. The van der Waals surface area contributed by atoms with Crippen molar-refractivity contribution in [2.75, 3.05) is 5.32 Å². The molecule has 0 unspecified atom stereocenters. The number of hydrogen-bond donors (Lipinski definition) is 1. The van der Waals surface area contributed by atoms with Gasteiger partial charge in [0.1, 0.15) is 0 Å². The number of rotatable bonds is 3. The Balaban J connectivity index is 2.08. The molecule has 0 atom stereocenters. The lowest BCUT2D eigenvalue weighted by atomic mass is 10.0.